The summed E-state index contributed by atoms with van der Waals surface area (Å²) in [6.45, 7) is 0. The second-order valence-corrected chi connectivity index (χ2v) is 4.83. The Bertz CT molecular complexity index is 690. The third-order valence-electron chi connectivity index (χ3n) is 2.43. The smallest absolute Gasteiger partial charge is 0.409 e. The van der Waals surface area contributed by atoms with Crippen LogP contribution >= 0.6 is 15.9 Å². The van der Waals surface area contributed by atoms with Crippen molar-refractivity contribution in [2.75, 3.05) is 10.6 Å². The topological polar surface area (TPSA) is 117 Å². The standard InChI is InChI=1S/C12H9BrN4O4/c13-7-5-10(17(20)21)11(14-6-7)15-8-1-3-9(4-2-8)16-12(18)19/h1-6,16H,(H,14,15)(H,18,19). The van der Waals surface area contributed by atoms with Gasteiger partial charge in [0.2, 0.25) is 5.82 Å². The first kappa shape index (κ1) is 14.7. The fourth-order valence-corrected chi connectivity index (χ4v) is 1.88. The molecule has 1 aromatic carbocycles. The molecule has 2 aromatic rings. The van der Waals surface area contributed by atoms with E-state index in [9.17, 15) is 14.9 Å². The number of halogens is 1. The van der Waals surface area contributed by atoms with Gasteiger partial charge in [-0.25, -0.2) is 9.78 Å². The minimum Gasteiger partial charge on any atom is -0.465 e. The molecule has 0 aliphatic rings. The number of rotatable bonds is 4. The summed E-state index contributed by atoms with van der Waals surface area (Å²) in [6.07, 6.45) is 0.274. The molecule has 0 radical (unpaired) electrons. The van der Waals surface area contributed by atoms with E-state index in [2.05, 4.69) is 31.5 Å². The van der Waals surface area contributed by atoms with Gasteiger partial charge < -0.3 is 10.4 Å². The summed E-state index contributed by atoms with van der Waals surface area (Å²) in [5, 5.41) is 24.6. The quantitative estimate of drug-likeness (QED) is 0.571. The fourth-order valence-electron chi connectivity index (χ4n) is 1.56. The van der Waals surface area contributed by atoms with Gasteiger partial charge in [0.25, 0.3) is 0 Å². The highest BCUT2D eigenvalue weighted by Gasteiger charge is 2.16. The number of nitrogens with one attached hydrogen (secondary N) is 2. The number of hydrogen-bond donors (Lipinski definition) is 3. The molecule has 0 aliphatic carbocycles. The molecule has 0 saturated carbocycles. The highest BCUT2D eigenvalue weighted by atomic mass is 79.9. The van der Waals surface area contributed by atoms with Gasteiger partial charge in [0.15, 0.2) is 0 Å². The van der Waals surface area contributed by atoms with Crippen LogP contribution in [0.15, 0.2) is 41.0 Å². The van der Waals surface area contributed by atoms with Crippen molar-refractivity contribution in [2.24, 2.45) is 0 Å². The van der Waals surface area contributed by atoms with Gasteiger partial charge in [-0.15, -0.1) is 0 Å². The molecule has 0 unspecified atom stereocenters. The number of carbonyl (C=O) groups is 1. The fraction of sp³-hybridized carbons (Fsp3) is 0. The molecule has 3 N–H and O–H groups in total. The molecule has 8 nitrogen and oxygen atoms in total. The molecular weight excluding hydrogens is 344 g/mol. The lowest BCUT2D eigenvalue weighted by molar-refractivity contribution is -0.384. The highest BCUT2D eigenvalue weighted by Crippen LogP contribution is 2.28. The number of benzene rings is 1. The van der Waals surface area contributed by atoms with Gasteiger partial charge >= 0.3 is 11.8 Å². The average molecular weight is 353 g/mol. The van der Waals surface area contributed by atoms with E-state index in [4.69, 9.17) is 5.11 Å². The van der Waals surface area contributed by atoms with Crippen molar-refractivity contribution in [3.8, 4) is 0 Å². The van der Waals surface area contributed by atoms with Crippen molar-refractivity contribution >= 4 is 44.9 Å². The summed E-state index contributed by atoms with van der Waals surface area (Å²) in [4.78, 5) is 24.9. The molecule has 0 bridgehead atoms. The Morgan fingerprint density at radius 3 is 2.48 bits per heavy atom. The van der Waals surface area contributed by atoms with Crippen molar-refractivity contribution in [3.63, 3.8) is 0 Å². The molecule has 1 heterocycles. The van der Waals surface area contributed by atoms with E-state index < -0.39 is 11.0 Å². The Morgan fingerprint density at radius 2 is 1.90 bits per heavy atom. The summed E-state index contributed by atoms with van der Waals surface area (Å²) >= 11 is 3.12. The van der Waals surface area contributed by atoms with Crippen LogP contribution in [0, 0.1) is 10.1 Å². The van der Waals surface area contributed by atoms with Crippen LogP contribution in [0.3, 0.4) is 0 Å². The lowest BCUT2D eigenvalue weighted by Crippen LogP contribution is -2.07. The normalized spacial score (nSPS) is 9.95. The van der Waals surface area contributed by atoms with E-state index in [1.165, 1.54) is 24.4 Å². The lowest BCUT2D eigenvalue weighted by atomic mass is 10.2. The number of hydrogen-bond acceptors (Lipinski definition) is 5. The van der Waals surface area contributed by atoms with Crippen molar-refractivity contribution in [2.45, 2.75) is 0 Å². The zero-order chi connectivity index (χ0) is 15.4. The summed E-state index contributed by atoms with van der Waals surface area (Å²) in [6, 6.07) is 7.56. The number of amides is 1. The zero-order valence-electron chi connectivity index (χ0n) is 10.4. The first-order valence-corrected chi connectivity index (χ1v) is 6.42. The monoisotopic (exact) mass is 352 g/mol. The molecule has 1 aromatic heterocycles. The van der Waals surface area contributed by atoms with Gasteiger partial charge in [-0.1, -0.05) is 0 Å². The molecule has 0 saturated heterocycles. The zero-order valence-corrected chi connectivity index (χ0v) is 12.0. The molecule has 9 heteroatoms. The van der Waals surface area contributed by atoms with Gasteiger partial charge in [-0.05, 0) is 40.2 Å². The Labute approximate surface area is 127 Å². The lowest BCUT2D eigenvalue weighted by Gasteiger charge is -2.07. The number of aromatic nitrogens is 1. The average Bonchev–Trinajstić information content (AvgIpc) is 2.42. The maximum atomic E-state index is 11.0. The predicted molar refractivity (Wildman–Crippen MR) is 80.0 cm³/mol. The molecule has 0 atom stereocenters. The van der Waals surface area contributed by atoms with Gasteiger partial charge in [0, 0.05) is 28.1 Å². The number of anilines is 3. The van der Waals surface area contributed by atoms with Crippen molar-refractivity contribution in [1.82, 2.24) is 4.98 Å². The Morgan fingerprint density at radius 1 is 1.29 bits per heavy atom. The highest BCUT2D eigenvalue weighted by molar-refractivity contribution is 9.10. The molecule has 108 valence electrons. The van der Waals surface area contributed by atoms with E-state index in [1.54, 1.807) is 12.1 Å². The molecule has 2 rings (SSSR count). The van der Waals surface area contributed by atoms with Gasteiger partial charge in [0.1, 0.15) is 0 Å². The maximum Gasteiger partial charge on any atom is 0.409 e. The third-order valence-corrected chi connectivity index (χ3v) is 2.86. The van der Waals surface area contributed by atoms with E-state index in [0.29, 0.717) is 15.8 Å². The third kappa shape index (κ3) is 3.89. The number of nitrogens with zero attached hydrogens (tertiary/aromatic N) is 2. The van der Waals surface area contributed by atoms with Crippen molar-refractivity contribution < 1.29 is 14.8 Å². The van der Waals surface area contributed by atoms with E-state index >= 15 is 0 Å². The second kappa shape index (κ2) is 6.18. The summed E-state index contributed by atoms with van der Waals surface area (Å²) < 4.78 is 0.501. The molecule has 0 fully saturated rings. The van der Waals surface area contributed by atoms with Gasteiger partial charge in [0.05, 0.1) is 4.92 Å². The van der Waals surface area contributed by atoms with Crippen molar-refractivity contribution in [1.29, 1.82) is 0 Å². The summed E-state index contributed by atoms with van der Waals surface area (Å²) in [5.41, 5.74) is 0.771. The number of carboxylic acid groups (broad SMARTS) is 1. The largest absolute Gasteiger partial charge is 0.465 e. The van der Waals surface area contributed by atoms with Crippen LogP contribution in [0.4, 0.5) is 27.7 Å². The van der Waals surface area contributed by atoms with Crippen molar-refractivity contribution in [3.05, 3.63) is 51.1 Å². The molecule has 0 aliphatic heterocycles. The van der Waals surface area contributed by atoms with Crippen LogP contribution in [0.25, 0.3) is 0 Å². The van der Waals surface area contributed by atoms with Gasteiger partial charge in [-0.2, -0.15) is 0 Å². The maximum absolute atomic E-state index is 11.0. The van der Waals surface area contributed by atoms with E-state index in [0.717, 1.165) is 0 Å². The predicted octanol–water partition coefficient (Wildman–Crippen LogP) is 3.59. The first-order chi connectivity index (χ1) is 9.95. The molecule has 0 spiro atoms. The second-order valence-electron chi connectivity index (χ2n) is 3.91. The Kier molecular flexibility index (Phi) is 4.33. The van der Waals surface area contributed by atoms with Crippen LogP contribution in [0.2, 0.25) is 0 Å². The molecular formula is C12H9BrN4O4. The number of pyridine rings is 1. The summed E-state index contributed by atoms with van der Waals surface area (Å²) in [5.74, 6) is 0.0992. The molecule has 21 heavy (non-hydrogen) atoms. The SMILES string of the molecule is O=C(O)Nc1ccc(Nc2ncc(Br)cc2[N+](=O)[O-])cc1. The van der Waals surface area contributed by atoms with E-state index in [1.807, 2.05) is 0 Å². The number of nitro groups is 1. The Balaban J connectivity index is 2.22. The summed E-state index contributed by atoms with van der Waals surface area (Å²) in [7, 11) is 0. The van der Waals surface area contributed by atoms with Crippen LogP contribution in [0.1, 0.15) is 0 Å². The van der Waals surface area contributed by atoms with Crippen LogP contribution in [0.5, 0.6) is 0 Å². The minimum absolute atomic E-state index is 0.0992. The minimum atomic E-state index is -1.17. The van der Waals surface area contributed by atoms with Crippen LogP contribution in [-0.4, -0.2) is 21.1 Å². The Hall–Kier alpha value is -2.68. The van der Waals surface area contributed by atoms with Crippen LogP contribution < -0.4 is 10.6 Å². The first-order valence-electron chi connectivity index (χ1n) is 5.62. The molecule has 1 amide bonds. The van der Waals surface area contributed by atoms with Gasteiger partial charge in [-0.3, -0.25) is 15.4 Å². The van der Waals surface area contributed by atoms with E-state index in [-0.39, 0.29) is 11.5 Å². The van der Waals surface area contributed by atoms with Crippen LogP contribution in [-0.2, 0) is 0 Å².